The summed E-state index contributed by atoms with van der Waals surface area (Å²) < 4.78 is 8.11. The Morgan fingerprint density at radius 1 is 1.03 bits per heavy atom. The van der Waals surface area contributed by atoms with Gasteiger partial charge in [0.2, 0.25) is 0 Å². The minimum Gasteiger partial charge on any atom is -0.487 e. The zero-order valence-corrected chi connectivity index (χ0v) is 23.9. The number of carbonyl (C=O) groups excluding carboxylic acids is 3. The van der Waals surface area contributed by atoms with E-state index in [2.05, 4.69) is 66.4 Å². The number of halogens is 3. The number of ether oxygens (including phenoxy) is 1. The van der Waals surface area contributed by atoms with Crippen molar-refractivity contribution in [1.82, 2.24) is 5.32 Å². The molecule has 0 spiro atoms. The third kappa shape index (κ3) is 5.75. The highest BCUT2D eigenvalue weighted by atomic mass is 127. The largest absolute Gasteiger partial charge is 0.487 e. The van der Waals surface area contributed by atoms with Gasteiger partial charge in [0.05, 0.1) is 17.8 Å². The van der Waals surface area contributed by atoms with Crippen LogP contribution >= 0.6 is 61.1 Å². The summed E-state index contributed by atoms with van der Waals surface area (Å²) in [6.45, 7) is 0.124. The number of imide groups is 2. The molecule has 4 rings (SSSR count). The fraction of sp³-hybridized carbons (Fsp3) is 0.0417. The molecule has 1 aliphatic rings. The number of hydrogen-bond acceptors (Lipinski definition) is 6. The zero-order valence-electron chi connectivity index (χ0n) is 18.0. The fourth-order valence-electron chi connectivity index (χ4n) is 3.36. The molecule has 1 N–H and O–H groups in total. The minimum absolute atomic E-state index is 0.0199. The highest BCUT2D eigenvalue weighted by Crippen LogP contribution is 2.31. The van der Waals surface area contributed by atoms with Crippen molar-refractivity contribution in [3.63, 3.8) is 0 Å². The molecule has 4 amide bonds. The Balaban J connectivity index is 1.59. The number of urea groups is 1. The Kier molecular flexibility index (Phi) is 8.04. The maximum atomic E-state index is 13.1. The van der Waals surface area contributed by atoms with Gasteiger partial charge in [-0.2, -0.15) is 0 Å². The van der Waals surface area contributed by atoms with E-state index in [0.717, 1.165) is 9.37 Å². The highest BCUT2D eigenvalue weighted by molar-refractivity contribution is 14.1. The Bertz CT molecular complexity index is 1420. The van der Waals surface area contributed by atoms with E-state index < -0.39 is 22.8 Å². The number of rotatable bonds is 6. The Hall–Kier alpha value is -2.85. The van der Waals surface area contributed by atoms with Crippen LogP contribution in [-0.2, 0) is 16.2 Å². The summed E-state index contributed by atoms with van der Waals surface area (Å²) in [5, 5.41) is 13.2. The molecule has 1 heterocycles. The lowest BCUT2D eigenvalue weighted by molar-refractivity contribution is -0.384. The number of amides is 4. The monoisotopic (exact) mass is 773 g/mol. The molecule has 12 heteroatoms. The summed E-state index contributed by atoms with van der Waals surface area (Å²) in [6, 6.07) is 15.4. The quantitative estimate of drug-likeness (QED) is 0.111. The second-order valence-electron chi connectivity index (χ2n) is 7.46. The summed E-state index contributed by atoms with van der Waals surface area (Å²) in [4.78, 5) is 49.4. The average molecular weight is 774 g/mol. The van der Waals surface area contributed by atoms with Crippen LogP contribution < -0.4 is 15.0 Å². The van der Waals surface area contributed by atoms with Gasteiger partial charge in [-0.1, -0.05) is 28.1 Å². The van der Waals surface area contributed by atoms with Crippen LogP contribution in [0.15, 0.2) is 70.7 Å². The van der Waals surface area contributed by atoms with E-state index in [1.165, 1.54) is 18.2 Å². The van der Waals surface area contributed by atoms with E-state index in [9.17, 15) is 24.5 Å². The van der Waals surface area contributed by atoms with Crippen molar-refractivity contribution in [3.05, 3.63) is 99.1 Å². The van der Waals surface area contributed by atoms with Gasteiger partial charge < -0.3 is 4.74 Å². The molecular weight excluding hydrogens is 760 g/mol. The van der Waals surface area contributed by atoms with E-state index in [1.807, 2.05) is 0 Å². The normalized spacial score (nSPS) is 14.7. The average Bonchev–Trinajstić information content (AvgIpc) is 2.82. The molecule has 0 unspecified atom stereocenters. The molecule has 182 valence electrons. The third-order valence-corrected chi connectivity index (χ3v) is 7.15. The van der Waals surface area contributed by atoms with Crippen LogP contribution in [0, 0.1) is 17.3 Å². The van der Waals surface area contributed by atoms with Gasteiger partial charge in [-0.15, -0.1) is 0 Å². The van der Waals surface area contributed by atoms with Gasteiger partial charge >= 0.3 is 6.03 Å². The molecule has 1 fully saturated rings. The van der Waals surface area contributed by atoms with Crippen molar-refractivity contribution in [2.45, 2.75) is 6.61 Å². The molecule has 1 aliphatic heterocycles. The van der Waals surface area contributed by atoms with E-state index in [-0.39, 0.29) is 17.9 Å². The summed E-state index contributed by atoms with van der Waals surface area (Å²) in [7, 11) is 0. The van der Waals surface area contributed by atoms with Crippen LogP contribution in [0.3, 0.4) is 0 Å². The van der Waals surface area contributed by atoms with Crippen molar-refractivity contribution in [3.8, 4) is 5.75 Å². The molecule has 0 bridgehead atoms. The first-order valence-corrected chi connectivity index (χ1v) is 13.1. The van der Waals surface area contributed by atoms with Gasteiger partial charge in [0.25, 0.3) is 17.5 Å². The second-order valence-corrected chi connectivity index (χ2v) is 10.7. The number of nitrogens with one attached hydrogen (secondary N) is 1. The number of nitrogens with zero attached hydrogens (tertiary/aromatic N) is 2. The van der Waals surface area contributed by atoms with Crippen molar-refractivity contribution < 1.29 is 24.0 Å². The molecule has 0 atom stereocenters. The van der Waals surface area contributed by atoms with Gasteiger partial charge in [-0.05, 0) is 98.8 Å². The number of nitro benzene ring substituents is 1. The number of nitro groups is 1. The van der Waals surface area contributed by atoms with Crippen molar-refractivity contribution in [1.29, 1.82) is 0 Å². The maximum Gasteiger partial charge on any atom is 0.335 e. The van der Waals surface area contributed by atoms with E-state index in [4.69, 9.17) is 4.74 Å². The maximum absolute atomic E-state index is 13.1. The van der Waals surface area contributed by atoms with E-state index in [1.54, 1.807) is 48.5 Å². The predicted molar refractivity (Wildman–Crippen MR) is 152 cm³/mol. The molecule has 0 radical (unpaired) electrons. The number of benzene rings is 3. The van der Waals surface area contributed by atoms with Crippen LogP contribution in [0.4, 0.5) is 16.2 Å². The number of anilines is 1. The molecule has 9 nitrogen and oxygen atoms in total. The number of barbiturate groups is 1. The SMILES string of the molecule is O=C1NC(=O)N(c2ccc(Br)cc2)C(=O)/C1=C/c1cc(I)c(OCc2cccc([N+](=O)[O-])c2)c(I)c1. The first-order chi connectivity index (χ1) is 17.1. The lowest BCUT2D eigenvalue weighted by Gasteiger charge is -2.26. The molecule has 0 saturated carbocycles. The van der Waals surface area contributed by atoms with Gasteiger partial charge in [0.1, 0.15) is 17.9 Å². The molecule has 0 aromatic heterocycles. The van der Waals surface area contributed by atoms with Crippen LogP contribution in [0.1, 0.15) is 11.1 Å². The number of carbonyl (C=O) groups is 3. The smallest absolute Gasteiger partial charge is 0.335 e. The summed E-state index contributed by atoms with van der Waals surface area (Å²) in [6.07, 6.45) is 1.42. The first kappa shape index (κ1) is 26.2. The summed E-state index contributed by atoms with van der Waals surface area (Å²) in [5.41, 5.74) is 1.33. The highest BCUT2D eigenvalue weighted by Gasteiger charge is 2.36. The van der Waals surface area contributed by atoms with Crippen molar-refractivity contribution in [2.75, 3.05) is 4.90 Å². The molecule has 36 heavy (non-hydrogen) atoms. The van der Waals surface area contributed by atoms with Crippen LogP contribution in [0.5, 0.6) is 5.75 Å². The third-order valence-electron chi connectivity index (χ3n) is 5.02. The summed E-state index contributed by atoms with van der Waals surface area (Å²) >= 11 is 7.46. The molecule has 3 aromatic rings. The van der Waals surface area contributed by atoms with Crippen molar-refractivity contribution in [2.24, 2.45) is 0 Å². The van der Waals surface area contributed by atoms with E-state index in [0.29, 0.717) is 29.7 Å². The van der Waals surface area contributed by atoms with E-state index >= 15 is 0 Å². The van der Waals surface area contributed by atoms with Gasteiger partial charge in [0.15, 0.2) is 0 Å². The molecule has 1 saturated heterocycles. The second kappa shape index (κ2) is 11.0. The minimum atomic E-state index is -0.821. The molecule has 0 aliphatic carbocycles. The van der Waals surface area contributed by atoms with Gasteiger partial charge in [-0.25, -0.2) is 9.69 Å². The van der Waals surface area contributed by atoms with Crippen LogP contribution in [0.25, 0.3) is 6.08 Å². The van der Waals surface area contributed by atoms with Crippen molar-refractivity contribution >= 4 is 96.4 Å². The Morgan fingerprint density at radius 3 is 2.33 bits per heavy atom. The van der Waals surface area contributed by atoms with Gasteiger partial charge in [-0.3, -0.25) is 25.0 Å². The summed E-state index contributed by atoms with van der Waals surface area (Å²) in [5.74, 6) is -0.951. The Morgan fingerprint density at radius 2 is 1.69 bits per heavy atom. The standard InChI is InChI=1S/C24H14BrI2N3O6/c25-15-4-6-16(7-5-15)29-23(32)18(22(31)28-24(29)33)9-14-10-19(26)21(20(27)11-14)36-12-13-2-1-3-17(8-13)30(34)35/h1-11H,12H2,(H,28,31,33)/b18-9+. The lowest BCUT2D eigenvalue weighted by Crippen LogP contribution is -2.54. The topological polar surface area (TPSA) is 119 Å². The molecule has 3 aromatic carbocycles. The van der Waals surface area contributed by atoms with Gasteiger partial charge in [0, 0.05) is 16.6 Å². The fourth-order valence-corrected chi connectivity index (χ4v) is 5.76. The first-order valence-electron chi connectivity index (χ1n) is 10.2. The predicted octanol–water partition coefficient (Wildman–Crippen LogP) is 5.81. The zero-order chi connectivity index (χ0) is 26.0. The lowest BCUT2D eigenvalue weighted by atomic mass is 10.1. The Labute approximate surface area is 240 Å². The van der Waals surface area contributed by atoms with Crippen LogP contribution in [0.2, 0.25) is 0 Å². The number of non-ortho nitro benzene ring substituents is 1. The van der Waals surface area contributed by atoms with Crippen LogP contribution in [-0.4, -0.2) is 22.8 Å². The molecular formula is C24H14BrI2N3O6. The number of hydrogen-bond donors (Lipinski definition) is 1.